The Morgan fingerprint density at radius 2 is 1.86 bits per heavy atom. The molecule has 0 heterocycles. The molecule has 0 aliphatic carbocycles. The Hall–Kier alpha value is -1.31. The highest BCUT2D eigenvalue weighted by Gasteiger charge is 2.11. The number of carbonyl (C=O) groups is 1. The van der Waals surface area contributed by atoms with Crippen molar-refractivity contribution in [1.29, 1.82) is 0 Å². The molecule has 0 spiro atoms. The molecule has 0 bridgehead atoms. The zero-order valence-corrected chi connectivity index (χ0v) is 9.03. The van der Waals surface area contributed by atoms with Crippen LogP contribution in [0.5, 0.6) is 0 Å². The van der Waals surface area contributed by atoms with Gasteiger partial charge in [-0.2, -0.15) is 0 Å². The van der Waals surface area contributed by atoms with E-state index in [2.05, 4.69) is 19.1 Å². The molecule has 2 nitrogen and oxygen atoms in total. The van der Waals surface area contributed by atoms with E-state index in [9.17, 15) is 4.79 Å². The Morgan fingerprint density at radius 1 is 1.29 bits per heavy atom. The van der Waals surface area contributed by atoms with Crippen molar-refractivity contribution in [3.05, 3.63) is 35.9 Å². The maximum atomic E-state index is 11.5. The lowest BCUT2D eigenvalue weighted by molar-refractivity contribution is -0.129. The molecule has 0 aliphatic heterocycles. The summed E-state index contributed by atoms with van der Waals surface area (Å²) in [6.45, 7) is 2.08. The van der Waals surface area contributed by atoms with Crippen LogP contribution < -0.4 is 0 Å². The first-order chi connectivity index (χ1) is 6.61. The van der Waals surface area contributed by atoms with Crippen molar-refractivity contribution in [3.63, 3.8) is 0 Å². The number of amides is 1. The summed E-state index contributed by atoms with van der Waals surface area (Å²) >= 11 is 0. The highest BCUT2D eigenvalue weighted by atomic mass is 16.2. The van der Waals surface area contributed by atoms with Gasteiger partial charge in [-0.3, -0.25) is 4.79 Å². The average Bonchev–Trinajstić information content (AvgIpc) is 2.19. The highest BCUT2D eigenvalue weighted by Crippen LogP contribution is 2.18. The quantitative estimate of drug-likeness (QED) is 0.717. The third-order valence-electron chi connectivity index (χ3n) is 2.35. The average molecular weight is 191 g/mol. The van der Waals surface area contributed by atoms with Gasteiger partial charge in [0.15, 0.2) is 0 Å². The van der Waals surface area contributed by atoms with E-state index in [1.54, 1.807) is 19.0 Å². The van der Waals surface area contributed by atoms with Gasteiger partial charge in [-0.15, -0.1) is 0 Å². The minimum absolute atomic E-state index is 0.182. The maximum Gasteiger partial charge on any atom is 0.222 e. The molecule has 1 amide bonds. The summed E-state index contributed by atoms with van der Waals surface area (Å²) in [5.41, 5.74) is 1.22. The summed E-state index contributed by atoms with van der Waals surface area (Å²) in [4.78, 5) is 13.1. The van der Waals surface area contributed by atoms with Gasteiger partial charge in [-0.25, -0.2) is 0 Å². The van der Waals surface area contributed by atoms with Gasteiger partial charge in [0.1, 0.15) is 0 Å². The van der Waals surface area contributed by atoms with E-state index < -0.39 is 0 Å². The molecule has 0 fully saturated rings. The fourth-order valence-electron chi connectivity index (χ4n) is 1.34. The van der Waals surface area contributed by atoms with Gasteiger partial charge in [0, 0.05) is 20.5 Å². The molecule has 0 N–H and O–H groups in total. The van der Waals surface area contributed by atoms with Gasteiger partial charge < -0.3 is 4.90 Å². The SMILES string of the molecule is C[C@@H](CC(=O)N(C)C)c1ccccc1. The minimum Gasteiger partial charge on any atom is -0.349 e. The van der Waals surface area contributed by atoms with E-state index in [-0.39, 0.29) is 5.91 Å². The summed E-state index contributed by atoms with van der Waals surface area (Å²) in [6.07, 6.45) is 0.580. The molecule has 1 aromatic carbocycles. The lowest BCUT2D eigenvalue weighted by Crippen LogP contribution is -2.22. The molecule has 1 rings (SSSR count). The van der Waals surface area contributed by atoms with Gasteiger partial charge in [0.2, 0.25) is 5.91 Å². The Bertz CT molecular complexity index is 292. The van der Waals surface area contributed by atoms with E-state index in [0.717, 1.165) is 0 Å². The molecule has 14 heavy (non-hydrogen) atoms. The lowest BCUT2D eigenvalue weighted by Gasteiger charge is -2.15. The first-order valence-corrected chi connectivity index (χ1v) is 4.86. The van der Waals surface area contributed by atoms with E-state index in [0.29, 0.717) is 12.3 Å². The molecule has 76 valence electrons. The molecular formula is C12H17NO. The van der Waals surface area contributed by atoms with Crippen molar-refractivity contribution in [2.75, 3.05) is 14.1 Å². The minimum atomic E-state index is 0.182. The number of hydrogen-bond acceptors (Lipinski definition) is 1. The summed E-state index contributed by atoms with van der Waals surface area (Å²) in [7, 11) is 3.58. The topological polar surface area (TPSA) is 20.3 Å². The van der Waals surface area contributed by atoms with Crippen LogP contribution in [-0.2, 0) is 4.79 Å². The van der Waals surface area contributed by atoms with Crippen LogP contribution in [0.25, 0.3) is 0 Å². The van der Waals surface area contributed by atoms with Crippen molar-refractivity contribution in [2.45, 2.75) is 19.3 Å². The van der Waals surface area contributed by atoms with Crippen LogP contribution in [0.3, 0.4) is 0 Å². The van der Waals surface area contributed by atoms with Crippen molar-refractivity contribution in [2.24, 2.45) is 0 Å². The molecule has 0 radical (unpaired) electrons. The third-order valence-corrected chi connectivity index (χ3v) is 2.35. The van der Waals surface area contributed by atoms with E-state index in [1.165, 1.54) is 5.56 Å². The second-order valence-corrected chi connectivity index (χ2v) is 3.80. The largest absolute Gasteiger partial charge is 0.349 e. The third kappa shape index (κ3) is 2.87. The van der Waals surface area contributed by atoms with Gasteiger partial charge in [0.25, 0.3) is 0 Å². The fraction of sp³-hybridized carbons (Fsp3) is 0.417. The second-order valence-electron chi connectivity index (χ2n) is 3.80. The zero-order chi connectivity index (χ0) is 10.6. The Kier molecular flexibility index (Phi) is 3.69. The maximum absolute atomic E-state index is 11.5. The van der Waals surface area contributed by atoms with Crippen LogP contribution in [-0.4, -0.2) is 24.9 Å². The van der Waals surface area contributed by atoms with Crippen LogP contribution in [0.4, 0.5) is 0 Å². The normalized spacial score (nSPS) is 12.2. The van der Waals surface area contributed by atoms with Crippen LogP contribution >= 0.6 is 0 Å². The van der Waals surface area contributed by atoms with Crippen molar-refractivity contribution >= 4 is 5.91 Å². The molecule has 1 aromatic rings. The van der Waals surface area contributed by atoms with E-state index in [4.69, 9.17) is 0 Å². The Balaban J connectivity index is 2.59. The summed E-state index contributed by atoms with van der Waals surface area (Å²) in [5.74, 6) is 0.479. The Morgan fingerprint density at radius 3 is 2.36 bits per heavy atom. The Labute approximate surface area is 85.5 Å². The fourth-order valence-corrected chi connectivity index (χ4v) is 1.34. The van der Waals surface area contributed by atoms with E-state index >= 15 is 0 Å². The van der Waals surface area contributed by atoms with Gasteiger partial charge in [0.05, 0.1) is 0 Å². The highest BCUT2D eigenvalue weighted by molar-refractivity contribution is 5.76. The predicted octanol–water partition coefficient (Wildman–Crippen LogP) is 2.27. The molecule has 0 aromatic heterocycles. The van der Waals surface area contributed by atoms with Crippen LogP contribution in [0.2, 0.25) is 0 Å². The lowest BCUT2D eigenvalue weighted by atomic mass is 9.97. The van der Waals surface area contributed by atoms with Crippen molar-refractivity contribution < 1.29 is 4.79 Å². The summed E-state index contributed by atoms with van der Waals surface area (Å²) in [6, 6.07) is 10.1. The van der Waals surface area contributed by atoms with Gasteiger partial charge in [-0.05, 0) is 11.5 Å². The molecular weight excluding hydrogens is 174 g/mol. The predicted molar refractivity (Wildman–Crippen MR) is 58.2 cm³/mol. The van der Waals surface area contributed by atoms with Crippen LogP contribution in [0, 0.1) is 0 Å². The molecule has 0 aliphatic rings. The molecule has 1 atom stereocenters. The van der Waals surface area contributed by atoms with Gasteiger partial charge in [-0.1, -0.05) is 37.3 Å². The molecule has 0 saturated heterocycles. The van der Waals surface area contributed by atoms with E-state index in [1.807, 2.05) is 18.2 Å². The van der Waals surface area contributed by atoms with Crippen LogP contribution in [0.1, 0.15) is 24.8 Å². The van der Waals surface area contributed by atoms with Crippen molar-refractivity contribution in [1.82, 2.24) is 4.90 Å². The van der Waals surface area contributed by atoms with Crippen LogP contribution in [0.15, 0.2) is 30.3 Å². The molecule has 2 heteroatoms. The number of hydrogen-bond donors (Lipinski definition) is 0. The monoisotopic (exact) mass is 191 g/mol. The first kappa shape index (κ1) is 10.8. The summed E-state index contributed by atoms with van der Waals surface area (Å²) < 4.78 is 0. The number of nitrogens with zero attached hydrogens (tertiary/aromatic N) is 1. The molecule has 0 unspecified atom stereocenters. The number of carbonyl (C=O) groups excluding carboxylic acids is 1. The number of rotatable bonds is 3. The van der Waals surface area contributed by atoms with Crippen molar-refractivity contribution in [3.8, 4) is 0 Å². The zero-order valence-electron chi connectivity index (χ0n) is 9.03. The second kappa shape index (κ2) is 4.80. The standard InChI is InChI=1S/C12H17NO/c1-10(9-12(14)13(2)3)11-7-5-4-6-8-11/h4-8,10H,9H2,1-3H3/t10-/m0/s1. The first-order valence-electron chi connectivity index (χ1n) is 4.86. The smallest absolute Gasteiger partial charge is 0.222 e. The van der Waals surface area contributed by atoms with Gasteiger partial charge >= 0.3 is 0 Å². The molecule has 0 saturated carbocycles. The summed E-state index contributed by atoms with van der Waals surface area (Å²) in [5, 5.41) is 0. The number of benzene rings is 1.